The highest BCUT2D eigenvalue weighted by molar-refractivity contribution is 5.89. The van der Waals surface area contributed by atoms with Crippen LogP contribution in [-0.4, -0.2) is 35.4 Å². The summed E-state index contributed by atoms with van der Waals surface area (Å²) in [5.41, 5.74) is 7.07. The van der Waals surface area contributed by atoms with Crippen molar-refractivity contribution in [1.82, 2.24) is 5.32 Å². The number of amides is 1. The molecule has 2 aliphatic carbocycles. The van der Waals surface area contributed by atoms with Gasteiger partial charge in [-0.05, 0) is 18.1 Å². The van der Waals surface area contributed by atoms with Crippen molar-refractivity contribution in [3.63, 3.8) is 0 Å². The summed E-state index contributed by atoms with van der Waals surface area (Å²) >= 11 is 0. The highest BCUT2D eigenvalue weighted by Crippen LogP contribution is 2.50. The van der Waals surface area contributed by atoms with Gasteiger partial charge in [-0.3, -0.25) is 4.79 Å². The molecule has 1 saturated carbocycles. The first kappa shape index (κ1) is 19.2. The molecule has 3 rings (SSSR count). The predicted molar refractivity (Wildman–Crippen MR) is 95.0 cm³/mol. The molecule has 4 atom stereocenters. The van der Waals surface area contributed by atoms with Crippen LogP contribution in [0.1, 0.15) is 44.4 Å². The molecule has 4 N–H and O–H groups in total. The third-order valence-electron chi connectivity index (χ3n) is 5.73. The number of nitrogens with one attached hydrogen (secondary N) is 1. The van der Waals surface area contributed by atoms with E-state index in [0.717, 1.165) is 11.1 Å². The Morgan fingerprint density at radius 2 is 2.08 bits per heavy atom. The van der Waals surface area contributed by atoms with Gasteiger partial charge >= 0.3 is 0 Å². The molecule has 0 spiro atoms. The van der Waals surface area contributed by atoms with Crippen molar-refractivity contribution in [3.05, 3.63) is 35.4 Å². The van der Waals surface area contributed by atoms with Crippen LogP contribution >= 0.6 is 12.4 Å². The van der Waals surface area contributed by atoms with E-state index in [1.807, 2.05) is 45.0 Å². The minimum Gasteiger partial charge on any atom is -0.390 e. The van der Waals surface area contributed by atoms with Crippen molar-refractivity contribution in [2.75, 3.05) is 6.61 Å². The number of aliphatic hydroxyl groups excluding tert-OH is 1. The fourth-order valence-electron chi connectivity index (χ4n) is 3.84. The van der Waals surface area contributed by atoms with Crippen molar-refractivity contribution < 1.29 is 14.6 Å². The van der Waals surface area contributed by atoms with E-state index in [2.05, 4.69) is 5.32 Å². The van der Waals surface area contributed by atoms with E-state index in [9.17, 15) is 9.90 Å². The Bertz CT molecular complexity index is 622. The van der Waals surface area contributed by atoms with Gasteiger partial charge in [0.05, 0.1) is 18.2 Å². The van der Waals surface area contributed by atoms with E-state index in [-0.39, 0.29) is 30.5 Å². The zero-order valence-corrected chi connectivity index (χ0v) is 15.2. The number of carbonyl (C=O) groups is 1. The predicted octanol–water partition coefficient (Wildman–Crippen LogP) is 1.72. The molecule has 6 heteroatoms. The van der Waals surface area contributed by atoms with Crippen LogP contribution < -0.4 is 11.1 Å². The van der Waals surface area contributed by atoms with Crippen molar-refractivity contribution in [3.8, 4) is 0 Å². The molecule has 0 aromatic heterocycles. The lowest BCUT2D eigenvalue weighted by molar-refractivity contribution is -0.171. The first-order valence-electron chi connectivity index (χ1n) is 8.28. The van der Waals surface area contributed by atoms with Gasteiger partial charge in [0, 0.05) is 24.9 Å². The lowest BCUT2D eigenvalue weighted by atomic mass is 9.54. The normalized spacial score (nSPS) is 33.1. The number of aliphatic hydroxyl groups is 1. The summed E-state index contributed by atoms with van der Waals surface area (Å²) in [6.45, 7) is 6.49. The standard InChI is InChI=1S/C18H26N2O3.ClH/c1-4-23-14-10-18(19,17(14,2)3)16(22)20-15-12-8-6-5-7-11(12)9-13(15)21;/h5-8,13-15,21H,4,9-10,19H2,1-3H3,(H,20,22);1H/t13-,14?,15+,18?;/m1./s1. The SMILES string of the molecule is CCOC1CC(N)(C(=O)N[C@H]2c3ccccc3C[C@H]2O)C1(C)C.Cl. The zero-order valence-electron chi connectivity index (χ0n) is 14.4. The molecule has 0 radical (unpaired) electrons. The number of halogens is 1. The number of hydrogen-bond acceptors (Lipinski definition) is 4. The zero-order chi connectivity index (χ0) is 16.8. The highest BCUT2D eigenvalue weighted by atomic mass is 35.5. The highest BCUT2D eigenvalue weighted by Gasteiger charge is 2.63. The molecule has 0 aliphatic heterocycles. The number of benzene rings is 1. The Kier molecular flexibility index (Phi) is 5.31. The second-order valence-electron chi connectivity index (χ2n) is 7.26. The molecule has 0 bridgehead atoms. The van der Waals surface area contributed by atoms with E-state index in [1.54, 1.807) is 0 Å². The number of fused-ring (bicyclic) bond motifs is 1. The van der Waals surface area contributed by atoms with Gasteiger partial charge in [0.2, 0.25) is 5.91 Å². The van der Waals surface area contributed by atoms with E-state index in [1.165, 1.54) is 0 Å². The number of ether oxygens (including phenoxy) is 1. The van der Waals surface area contributed by atoms with E-state index in [0.29, 0.717) is 19.4 Å². The second kappa shape index (κ2) is 6.64. The fourth-order valence-corrected chi connectivity index (χ4v) is 3.84. The van der Waals surface area contributed by atoms with E-state index in [4.69, 9.17) is 10.5 Å². The lowest BCUT2D eigenvalue weighted by Gasteiger charge is -2.57. The second-order valence-corrected chi connectivity index (χ2v) is 7.26. The molecule has 0 saturated heterocycles. The summed E-state index contributed by atoms with van der Waals surface area (Å²) in [4.78, 5) is 12.8. The maximum absolute atomic E-state index is 12.8. The maximum atomic E-state index is 12.8. The average Bonchev–Trinajstić information content (AvgIpc) is 2.83. The van der Waals surface area contributed by atoms with E-state index >= 15 is 0 Å². The maximum Gasteiger partial charge on any atom is 0.241 e. The molecule has 1 amide bonds. The molecule has 2 aliphatic rings. The summed E-state index contributed by atoms with van der Waals surface area (Å²) in [6.07, 6.45) is 0.447. The van der Waals surface area contributed by atoms with Crippen molar-refractivity contribution in [2.45, 2.75) is 57.4 Å². The molecule has 1 aromatic rings. The van der Waals surface area contributed by atoms with Gasteiger partial charge in [0.1, 0.15) is 5.54 Å². The smallest absolute Gasteiger partial charge is 0.241 e. The van der Waals surface area contributed by atoms with Gasteiger partial charge in [-0.25, -0.2) is 0 Å². The molecular weight excluding hydrogens is 328 g/mol. The van der Waals surface area contributed by atoms with Gasteiger partial charge in [-0.15, -0.1) is 12.4 Å². The monoisotopic (exact) mass is 354 g/mol. The number of nitrogens with two attached hydrogens (primary N) is 1. The van der Waals surface area contributed by atoms with Crippen molar-refractivity contribution in [2.24, 2.45) is 11.1 Å². The lowest BCUT2D eigenvalue weighted by Crippen LogP contribution is -2.76. The Labute approximate surface area is 149 Å². The number of carbonyl (C=O) groups excluding carboxylic acids is 1. The minimum atomic E-state index is -0.968. The summed E-state index contributed by atoms with van der Waals surface area (Å²) in [5.74, 6) is -0.209. The van der Waals surface area contributed by atoms with Crippen LogP contribution in [0, 0.1) is 5.41 Å². The average molecular weight is 355 g/mol. The first-order chi connectivity index (χ1) is 10.8. The Balaban J connectivity index is 0.00000208. The largest absolute Gasteiger partial charge is 0.390 e. The van der Waals surface area contributed by atoms with Crippen molar-refractivity contribution >= 4 is 18.3 Å². The van der Waals surface area contributed by atoms with Crippen LogP contribution in [0.2, 0.25) is 0 Å². The Morgan fingerprint density at radius 1 is 1.42 bits per heavy atom. The van der Waals surface area contributed by atoms with Crippen molar-refractivity contribution in [1.29, 1.82) is 0 Å². The molecule has 1 fully saturated rings. The summed E-state index contributed by atoms with van der Waals surface area (Å²) in [6, 6.07) is 7.42. The van der Waals surface area contributed by atoms with Gasteiger partial charge in [0.15, 0.2) is 0 Å². The quantitative estimate of drug-likeness (QED) is 0.768. The molecule has 5 nitrogen and oxygen atoms in total. The Hall–Kier alpha value is -1.14. The first-order valence-corrected chi connectivity index (χ1v) is 8.28. The van der Waals surface area contributed by atoms with Crippen LogP contribution in [0.25, 0.3) is 0 Å². The summed E-state index contributed by atoms with van der Waals surface area (Å²) < 4.78 is 5.68. The molecule has 1 aromatic carbocycles. The fraction of sp³-hybridized carbons (Fsp3) is 0.611. The van der Waals surface area contributed by atoms with Gasteiger partial charge in [-0.2, -0.15) is 0 Å². The van der Waals surface area contributed by atoms with Crippen LogP contribution in [0.4, 0.5) is 0 Å². The third kappa shape index (κ3) is 2.73. The van der Waals surface area contributed by atoms with Gasteiger partial charge in [-0.1, -0.05) is 38.1 Å². The number of rotatable bonds is 4. The molecule has 24 heavy (non-hydrogen) atoms. The molecule has 134 valence electrons. The topological polar surface area (TPSA) is 84.6 Å². The third-order valence-corrected chi connectivity index (χ3v) is 5.73. The van der Waals surface area contributed by atoms with Crippen LogP contribution in [0.15, 0.2) is 24.3 Å². The van der Waals surface area contributed by atoms with Gasteiger partial charge in [0.25, 0.3) is 0 Å². The van der Waals surface area contributed by atoms with E-state index < -0.39 is 17.1 Å². The Morgan fingerprint density at radius 3 is 2.71 bits per heavy atom. The van der Waals surface area contributed by atoms with Gasteiger partial charge < -0.3 is 20.9 Å². The molecular formula is C18H27ClN2O3. The molecule has 0 heterocycles. The van der Waals surface area contributed by atoms with Crippen LogP contribution in [0.3, 0.4) is 0 Å². The summed E-state index contributed by atoms with van der Waals surface area (Å²) in [5, 5.41) is 13.3. The van der Waals surface area contributed by atoms with Crippen LogP contribution in [0.5, 0.6) is 0 Å². The number of hydrogen-bond donors (Lipinski definition) is 3. The minimum absolute atomic E-state index is 0. The summed E-state index contributed by atoms with van der Waals surface area (Å²) in [7, 11) is 0. The van der Waals surface area contributed by atoms with Crippen LogP contribution in [-0.2, 0) is 16.0 Å². The molecule has 2 unspecified atom stereocenters.